The van der Waals surface area contributed by atoms with Crippen LogP contribution in [0.1, 0.15) is 25.5 Å². The molecule has 3 amide bonds. The van der Waals surface area contributed by atoms with E-state index in [0.717, 1.165) is 12.1 Å². The van der Waals surface area contributed by atoms with E-state index in [1.807, 2.05) is 12.1 Å². The number of carbonyl (C=O) groups excluding carboxylic acids is 2. The number of benzene rings is 1. The highest BCUT2D eigenvalue weighted by Gasteiger charge is 2.29. The second-order valence-electron chi connectivity index (χ2n) is 4.26. The minimum atomic E-state index is -0.354. The van der Waals surface area contributed by atoms with E-state index in [-0.39, 0.29) is 24.5 Å². The molecule has 1 aromatic rings. The Kier molecular flexibility index (Phi) is 3.62. The number of nitrogens with one attached hydrogen (secondary N) is 2. The van der Waals surface area contributed by atoms with Crippen LogP contribution in [-0.2, 0) is 4.79 Å². The van der Waals surface area contributed by atoms with Gasteiger partial charge in [0.1, 0.15) is 0 Å². The third-order valence-corrected chi connectivity index (χ3v) is 3.00. The van der Waals surface area contributed by atoms with Crippen LogP contribution in [0.25, 0.3) is 0 Å². The van der Waals surface area contributed by atoms with Gasteiger partial charge in [-0.25, -0.2) is 9.69 Å². The van der Waals surface area contributed by atoms with Crippen molar-refractivity contribution in [3.8, 4) is 0 Å². The molecule has 1 atom stereocenters. The second kappa shape index (κ2) is 5.18. The lowest BCUT2D eigenvalue weighted by Gasteiger charge is -2.16. The van der Waals surface area contributed by atoms with Crippen molar-refractivity contribution < 1.29 is 9.59 Å². The highest BCUT2D eigenvalue weighted by atomic mass is 16.2. The molecule has 0 radical (unpaired) electrons. The molecular formula is C13H17N3O2. The van der Waals surface area contributed by atoms with Gasteiger partial charge in [0, 0.05) is 6.04 Å². The predicted molar refractivity (Wildman–Crippen MR) is 69.4 cm³/mol. The molecule has 0 saturated carbocycles. The standard InChI is InChI=1S/C13H17N3O2/c1-3-14-9(2)10-4-6-11(7-5-10)16-12(17)8-15-13(16)18/h4-7,9,14H,3,8H2,1-2H3,(H,15,18). The third-order valence-electron chi connectivity index (χ3n) is 3.00. The number of imide groups is 1. The number of carbonyl (C=O) groups is 2. The molecule has 0 aliphatic carbocycles. The molecule has 18 heavy (non-hydrogen) atoms. The van der Waals surface area contributed by atoms with E-state index in [1.54, 1.807) is 12.1 Å². The van der Waals surface area contributed by atoms with Gasteiger partial charge in [-0.3, -0.25) is 4.79 Å². The largest absolute Gasteiger partial charge is 0.329 e. The van der Waals surface area contributed by atoms with Crippen LogP contribution >= 0.6 is 0 Å². The molecule has 0 bridgehead atoms. The first kappa shape index (κ1) is 12.6. The van der Waals surface area contributed by atoms with Crippen molar-refractivity contribution in [1.29, 1.82) is 0 Å². The van der Waals surface area contributed by atoms with Gasteiger partial charge >= 0.3 is 6.03 Å². The lowest BCUT2D eigenvalue weighted by atomic mass is 10.1. The monoisotopic (exact) mass is 247 g/mol. The van der Waals surface area contributed by atoms with Gasteiger partial charge in [-0.2, -0.15) is 0 Å². The van der Waals surface area contributed by atoms with Crippen LogP contribution in [0, 0.1) is 0 Å². The van der Waals surface area contributed by atoms with Gasteiger partial charge in [-0.05, 0) is 31.2 Å². The van der Waals surface area contributed by atoms with Crippen LogP contribution in [-0.4, -0.2) is 25.0 Å². The zero-order valence-electron chi connectivity index (χ0n) is 10.6. The summed E-state index contributed by atoms with van der Waals surface area (Å²) in [5.41, 5.74) is 1.75. The summed E-state index contributed by atoms with van der Waals surface area (Å²) in [4.78, 5) is 24.2. The summed E-state index contributed by atoms with van der Waals surface area (Å²) >= 11 is 0. The Morgan fingerprint density at radius 2 is 2.00 bits per heavy atom. The van der Waals surface area contributed by atoms with E-state index in [1.165, 1.54) is 4.90 Å². The van der Waals surface area contributed by atoms with Crippen LogP contribution in [0.4, 0.5) is 10.5 Å². The Hall–Kier alpha value is -1.88. The van der Waals surface area contributed by atoms with Crippen LogP contribution in [0.5, 0.6) is 0 Å². The van der Waals surface area contributed by atoms with E-state index in [4.69, 9.17) is 0 Å². The molecule has 5 nitrogen and oxygen atoms in total. The molecule has 1 aliphatic heterocycles. The van der Waals surface area contributed by atoms with Crippen molar-refractivity contribution in [3.63, 3.8) is 0 Å². The maximum absolute atomic E-state index is 11.5. The summed E-state index contributed by atoms with van der Waals surface area (Å²) in [6, 6.07) is 7.36. The quantitative estimate of drug-likeness (QED) is 0.791. The highest BCUT2D eigenvalue weighted by molar-refractivity contribution is 6.19. The molecule has 2 N–H and O–H groups in total. The van der Waals surface area contributed by atoms with E-state index in [0.29, 0.717) is 5.69 Å². The number of anilines is 1. The van der Waals surface area contributed by atoms with E-state index < -0.39 is 0 Å². The average Bonchev–Trinajstić information content (AvgIpc) is 2.70. The van der Waals surface area contributed by atoms with Crippen molar-refractivity contribution in [2.75, 3.05) is 18.0 Å². The number of hydrogen-bond donors (Lipinski definition) is 2. The lowest BCUT2D eigenvalue weighted by molar-refractivity contribution is -0.115. The topological polar surface area (TPSA) is 61.4 Å². The minimum absolute atomic E-state index is 0.0778. The summed E-state index contributed by atoms with van der Waals surface area (Å²) in [7, 11) is 0. The summed E-state index contributed by atoms with van der Waals surface area (Å²) in [6.07, 6.45) is 0. The Balaban J connectivity index is 2.17. The molecule has 5 heteroatoms. The zero-order valence-corrected chi connectivity index (χ0v) is 10.6. The molecule has 1 aromatic carbocycles. The summed E-state index contributed by atoms with van der Waals surface area (Å²) in [6.45, 7) is 5.11. The van der Waals surface area contributed by atoms with Gasteiger partial charge in [-0.1, -0.05) is 19.1 Å². The molecule has 0 spiro atoms. The van der Waals surface area contributed by atoms with Crippen LogP contribution in [0.3, 0.4) is 0 Å². The Morgan fingerprint density at radius 1 is 1.33 bits per heavy atom. The third kappa shape index (κ3) is 2.36. The number of rotatable bonds is 4. The Bertz CT molecular complexity index is 440. The first-order valence-electron chi connectivity index (χ1n) is 6.07. The number of amides is 3. The van der Waals surface area contributed by atoms with E-state index in [2.05, 4.69) is 24.5 Å². The van der Waals surface area contributed by atoms with Crippen molar-refractivity contribution >= 4 is 17.6 Å². The number of hydrogen-bond acceptors (Lipinski definition) is 3. The summed E-state index contributed by atoms with van der Waals surface area (Å²) in [5, 5.41) is 5.81. The maximum Gasteiger partial charge on any atom is 0.329 e. The molecule has 1 aliphatic rings. The van der Waals surface area contributed by atoms with Crippen LogP contribution < -0.4 is 15.5 Å². The van der Waals surface area contributed by atoms with Gasteiger partial charge in [0.25, 0.3) is 5.91 Å². The second-order valence-corrected chi connectivity index (χ2v) is 4.26. The number of nitrogens with zero attached hydrogens (tertiary/aromatic N) is 1. The van der Waals surface area contributed by atoms with Crippen LogP contribution in [0.15, 0.2) is 24.3 Å². The van der Waals surface area contributed by atoms with Crippen molar-refractivity contribution in [1.82, 2.24) is 10.6 Å². The smallest absolute Gasteiger partial charge is 0.328 e. The first-order chi connectivity index (χ1) is 8.63. The molecular weight excluding hydrogens is 230 g/mol. The van der Waals surface area contributed by atoms with Gasteiger partial charge in [-0.15, -0.1) is 0 Å². The fourth-order valence-electron chi connectivity index (χ4n) is 2.02. The van der Waals surface area contributed by atoms with Crippen molar-refractivity contribution in [2.24, 2.45) is 0 Å². The van der Waals surface area contributed by atoms with Crippen LogP contribution in [0.2, 0.25) is 0 Å². The molecule has 1 heterocycles. The molecule has 96 valence electrons. The number of urea groups is 1. The van der Waals surface area contributed by atoms with Gasteiger partial charge in [0.2, 0.25) is 0 Å². The molecule has 1 unspecified atom stereocenters. The maximum atomic E-state index is 11.5. The van der Waals surface area contributed by atoms with Crippen molar-refractivity contribution in [2.45, 2.75) is 19.9 Å². The highest BCUT2D eigenvalue weighted by Crippen LogP contribution is 2.20. The Labute approximate surface area is 106 Å². The summed E-state index contributed by atoms with van der Waals surface area (Å²) in [5.74, 6) is -0.215. The average molecular weight is 247 g/mol. The Morgan fingerprint density at radius 3 is 2.50 bits per heavy atom. The van der Waals surface area contributed by atoms with E-state index in [9.17, 15) is 9.59 Å². The minimum Gasteiger partial charge on any atom is -0.328 e. The fourth-order valence-corrected chi connectivity index (χ4v) is 2.02. The molecule has 1 saturated heterocycles. The molecule has 0 aromatic heterocycles. The first-order valence-corrected chi connectivity index (χ1v) is 6.07. The van der Waals surface area contributed by atoms with Gasteiger partial charge < -0.3 is 10.6 Å². The van der Waals surface area contributed by atoms with Gasteiger partial charge in [0.15, 0.2) is 0 Å². The molecule has 1 fully saturated rings. The normalized spacial score (nSPS) is 16.9. The predicted octanol–water partition coefficient (Wildman–Crippen LogP) is 1.41. The fraction of sp³-hybridized carbons (Fsp3) is 0.385. The molecule has 2 rings (SSSR count). The van der Waals surface area contributed by atoms with Crippen molar-refractivity contribution in [3.05, 3.63) is 29.8 Å². The lowest BCUT2D eigenvalue weighted by Crippen LogP contribution is -2.30. The van der Waals surface area contributed by atoms with Gasteiger partial charge in [0.05, 0.1) is 12.2 Å². The SMILES string of the molecule is CCNC(C)c1ccc(N2C(=O)CNC2=O)cc1. The van der Waals surface area contributed by atoms with E-state index >= 15 is 0 Å². The zero-order chi connectivity index (χ0) is 13.1. The summed E-state index contributed by atoms with van der Waals surface area (Å²) < 4.78 is 0.